The quantitative estimate of drug-likeness (QED) is 0.808. The van der Waals surface area contributed by atoms with Crippen molar-refractivity contribution in [3.63, 3.8) is 0 Å². The van der Waals surface area contributed by atoms with E-state index in [1.807, 2.05) is 29.2 Å². The number of amides is 3. The predicted molar refractivity (Wildman–Crippen MR) is 113 cm³/mol. The van der Waals surface area contributed by atoms with Crippen molar-refractivity contribution in [2.45, 2.75) is 19.1 Å². The highest BCUT2D eigenvalue weighted by Crippen LogP contribution is 2.27. The van der Waals surface area contributed by atoms with Crippen LogP contribution in [0.5, 0.6) is 0 Å². The molecule has 2 unspecified atom stereocenters. The van der Waals surface area contributed by atoms with E-state index in [1.165, 1.54) is 10.6 Å². The van der Waals surface area contributed by atoms with Crippen molar-refractivity contribution in [1.82, 2.24) is 20.0 Å². The van der Waals surface area contributed by atoms with Gasteiger partial charge in [0.05, 0.1) is 0 Å². The van der Waals surface area contributed by atoms with Gasteiger partial charge in [-0.05, 0) is 19.1 Å². The first-order valence-corrected chi connectivity index (χ1v) is 10.1. The fourth-order valence-corrected chi connectivity index (χ4v) is 4.07. The number of halogens is 1. The number of aliphatic imine (C=N–C) groups is 1. The van der Waals surface area contributed by atoms with E-state index in [4.69, 9.17) is 16.6 Å². The topological polar surface area (TPSA) is 71.5 Å². The van der Waals surface area contributed by atoms with Crippen LogP contribution in [-0.2, 0) is 4.79 Å². The molecule has 3 heterocycles. The van der Waals surface area contributed by atoms with E-state index in [-0.39, 0.29) is 5.91 Å². The molecule has 0 radical (unpaired) electrons. The van der Waals surface area contributed by atoms with E-state index < -0.39 is 18.2 Å². The Morgan fingerprint density at radius 2 is 1.83 bits per heavy atom. The van der Waals surface area contributed by atoms with Crippen LogP contribution in [0.2, 0.25) is 0 Å². The number of hydrogen-bond acceptors (Lipinski definition) is 6. The lowest BCUT2D eigenvalue weighted by atomic mass is 10.1. The summed E-state index contributed by atoms with van der Waals surface area (Å²) >= 11 is 6.05. The molecule has 3 aliphatic heterocycles. The van der Waals surface area contributed by atoms with Crippen molar-refractivity contribution < 1.29 is 9.59 Å². The molecule has 4 rings (SSSR count). The molecule has 2 saturated heterocycles. The minimum absolute atomic E-state index is 0.319. The SMILES string of the molecule is C/C(Cl)=C/CN1C(N2CCN(c3ccccc3)CC2)=NC2C1C(=O)NC(=O)N2C. The van der Waals surface area contributed by atoms with Crippen LogP contribution in [0.15, 0.2) is 46.4 Å². The van der Waals surface area contributed by atoms with Crippen LogP contribution in [0, 0.1) is 0 Å². The molecule has 1 aromatic rings. The van der Waals surface area contributed by atoms with Gasteiger partial charge in [-0.3, -0.25) is 10.1 Å². The largest absolute Gasteiger partial charge is 0.368 e. The fourth-order valence-electron chi connectivity index (χ4n) is 4.00. The molecular formula is C20H25ClN6O2. The number of anilines is 1. The molecule has 1 aromatic carbocycles. The number of guanidine groups is 1. The third kappa shape index (κ3) is 3.76. The van der Waals surface area contributed by atoms with Gasteiger partial charge in [-0.25, -0.2) is 9.79 Å². The highest BCUT2D eigenvalue weighted by Gasteiger charge is 2.49. The Balaban J connectivity index is 1.55. The molecule has 0 spiro atoms. The lowest BCUT2D eigenvalue weighted by Crippen LogP contribution is -2.64. The molecule has 1 N–H and O–H groups in total. The van der Waals surface area contributed by atoms with Gasteiger partial charge in [-0.15, -0.1) is 0 Å². The summed E-state index contributed by atoms with van der Waals surface area (Å²) in [5.41, 5.74) is 1.21. The average molecular weight is 417 g/mol. The van der Waals surface area contributed by atoms with E-state index in [1.54, 1.807) is 14.0 Å². The van der Waals surface area contributed by atoms with Crippen molar-refractivity contribution in [1.29, 1.82) is 0 Å². The minimum atomic E-state index is -0.549. The molecule has 8 nitrogen and oxygen atoms in total. The Kier molecular flexibility index (Phi) is 5.36. The van der Waals surface area contributed by atoms with Crippen LogP contribution in [0.1, 0.15) is 6.92 Å². The molecule has 0 bridgehead atoms. The number of likely N-dealkylation sites (N-methyl/N-ethyl adjacent to an activating group) is 1. The smallest absolute Gasteiger partial charge is 0.325 e. The maximum atomic E-state index is 12.6. The highest BCUT2D eigenvalue weighted by molar-refractivity contribution is 6.29. The number of hydrogen-bond donors (Lipinski definition) is 1. The van der Waals surface area contributed by atoms with Gasteiger partial charge in [0, 0.05) is 50.5 Å². The number of carbonyl (C=O) groups is 2. The third-order valence-corrected chi connectivity index (χ3v) is 5.75. The highest BCUT2D eigenvalue weighted by atomic mass is 35.5. The molecule has 2 atom stereocenters. The van der Waals surface area contributed by atoms with Gasteiger partial charge in [-0.1, -0.05) is 35.9 Å². The fraction of sp³-hybridized carbons (Fsp3) is 0.450. The lowest BCUT2D eigenvalue weighted by molar-refractivity contribution is -0.127. The van der Waals surface area contributed by atoms with E-state index in [0.717, 1.165) is 32.1 Å². The number of allylic oxidation sites excluding steroid dienone is 1. The van der Waals surface area contributed by atoms with Crippen LogP contribution < -0.4 is 10.2 Å². The van der Waals surface area contributed by atoms with E-state index in [2.05, 4.69) is 27.2 Å². The van der Waals surface area contributed by atoms with Gasteiger partial charge >= 0.3 is 6.03 Å². The Morgan fingerprint density at radius 1 is 1.17 bits per heavy atom. The van der Waals surface area contributed by atoms with Gasteiger partial charge < -0.3 is 19.6 Å². The molecule has 9 heteroatoms. The number of nitrogens with zero attached hydrogens (tertiary/aromatic N) is 5. The molecule has 154 valence electrons. The van der Waals surface area contributed by atoms with Gasteiger partial charge in [0.1, 0.15) is 0 Å². The van der Waals surface area contributed by atoms with E-state index in [0.29, 0.717) is 11.6 Å². The number of nitrogens with one attached hydrogen (secondary N) is 1. The summed E-state index contributed by atoms with van der Waals surface area (Å²) in [5.74, 6) is 0.430. The zero-order valence-electron chi connectivity index (χ0n) is 16.6. The van der Waals surface area contributed by atoms with Crippen molar-refractivity contribution >= 4 is 35.2 Å². The second-order valence-electron chi connectivity index (χ2n) is 7.45. The van der Waals surface area contributed by atoms with Crippen molar-refractivity contribution in [2.75, 3.05) is 44.7 Å². The Bertz CT molecular complexity index is 846. The summed E-state index contributed by atoms with van der Waals surface area (Å²) in [7, 11) is 1.67. The maximum Gasteiger partial charge on any atom is 0.325 e. The summed E-state index contributed by atoms with van der Waals surface area (Å²) in [4.78, 5) is 37.4. The van der Waals surface area contributed by atoms with Crippen molar-refractivity contribution in [2.24, 2.45) is 4.99 Å². The molecular weight excluding hydrogens is 392 g/mol. The zero-order valence-corrected chi connectivity index (χ0v) is 17.3. The minimum Gasteiger partial charge on any atom is -0.368 e. The van der Waals surface area contributed by atoms with Crippen molar-refractivity contribution in [3.05, 3.63) is 41.4 Å². The Hall–Kier alpha value is -2.74. The molecule has 0 aliphatic carbocycles. The van der Waals surface area contributed by atoms with E-state index in [9.17, 15) is 9.59 Å². The second kappa shape index (κ2) is 7.94. The molecule has 29 heavy (non-hydrogen) atoms. The number of fused-ring (bicyclic) bond motifs is 1. The van der Waals surface area contributed by atoms with Crippen LogP contribution >= 0.6 is 11.6 Å². The molecule has 0 aromatic heterocycles. The number of urea groups is 1. The third-order valence-electron chi connectivity index (χ3n) is 5.59. The average Bonchev–Trinajstić information content (AvgIpc) is 3.11. The molecule has 2 fully saturated rings. The monoisotopic (exact) mass is 416 g/mol. The summed E-state index contributed by atoms with van der Waals surface area (Å²) in [6, 6.07) is 9.36. The number of piperazine rings is 1. The molecule has 0 saturated carbocycles. The van der Waals surface area contributed by atoms with Crippen LogP contribution in [0.25, 0.3) is 0 Å². The Morgan fingerprint density at radius 3 is 2.48 bits per heavy atom. The summed E-state index contributed by atoms with van der Waals surface area (Å²) in [6.07, 6.45) is 1.34. The van der Waals surface area contributed by atoms with Gasteiger partial charge in [0.2, 0.25) is 0 Å². The van der Waals surface area contributed by atoms with E-state index >= 15 is 0 Å². The number of rotatable bonds is 3. The van der Waals surface area contributed by atoms with Gasteiger partial charge in [0.15, 0.2) is 18.2 Å². The summed E-state index contributed by atoms with van der Waals surface area (Å²) < 4.78 is 0. The van der Waals surface area contributed by atoms with Gasteiger partial charge in [-0.2, -0.15) is 0 Å². The molecule has 3 aliphatic rings. The van der Waals surface area contributed by atoms with Crippen LogP contribution in [-0.4, -0.2) is 84.6 Å². The Labute approximate surface area is 175 Å². The number of para-hydroxylation sites is 1. The normalized spacial score (nSPS) is 25.2. The number of carbonyl (C=O) groups excluding carboxylic acids is 2. The zero-order chi connectivity index (χ0) is 20.5. The first kappa shape index (κ1) is 19.6. The summed E-state index contributed by atoms with van der Waals surface area (Å²) in [6.45, 7) is 5.55. The first-order valence-electron chi connectivity index (χ1n) is 9.75. The number of benzene rings is 1. The van der Waals surface area contributed by atoms with Gasteiger partial charge in [0.25, 0.3) is 5.91 Å². The predicted octanol–water partition coefficient (Wildman–Crippen LogP) is 1.50. The maximum absolute atomic E-state index is 12.6. The standard InChI is InChI=1S/C20H25ClN6O2/c1-14(21)8-9-27-16-17(24(2)20(29)23-18(16)28)22-19(27)26-12-10-25(11-13-26)15-6-4-3-5-7-15/h3-8,16-17H,9-13H2,1-2H3,(H,23,28,29)/b14-8-. The van der Waals surface area contributed by atoms with Crippen LogP contribution in [0.4, 0.5) is 10.5 Å². The lowest BCUT2D eigenvalue weighted by Gasteiger charge is -2.40. The first-order chi connectivity index (χ1) is 14.0. The van der Waals surface area contributed by atoms with Crippen LogP contribution in [0.3, 0.4) is 0 Å². The van der Waals surface area contributed by atoms with Crippen molar-refractivity contribution in [3.8, 4) is 0 Å². The second-order valence-corrected chi connectivity index (χ2v) is 8.04. The molecule has 3 amide bonds. The number of imide groups is 1. The summed E-state index contributed by atoms with van der Waals surface area (Å²) in [5, 5.41) is 3.08.